The minimum Gasteiger partial charge on any atom is -0.465 e. The number of thiazole rings is 1. The summed E-state index contributed by atoms with van der Waals surface area (Å²) < 4.78 is 5.61. The zero-order valence-corrected chi connectivity index (χ0v) is 13.3. The summed E-state index contributed by atoms with van der Waals surface area (Å²) in [6.45, 7) is 9.85. The first-order valence-electron chi connectivity index (χ1n) is 6.72. The molecule has 0 saturated carbocycles. The summed E-state index contributed by atoms with van der Waals surface area (Å²) in [4.78, 5) is 17.7. The number of hydrogen-bond acceptors (Lipinski definition) is 4. The Kier molecular flexibility index (Phi) is 4.28. The third-order valence-electron chi connectivity index (χ3n) is 3.11. The molecular formula is C15H20N2O2S. The van der Waals surface area contributed by atoms with Crippen LogP contribution in [-0.4, -0.2) is 10.9 Å². The van der Waals surface area contributed by atoms with Gasteiger partial charge in [-0.15, -0.1) is 11.3 Å². The molecule has 2 aromatic rings. The lowest BCUT2D eigenvalue weighted by Gasteiger charge is -2.10. The van der Waals surface area contributed by atoms with E-state index in [2.05, 4.69) is 10.3 Å². The van der Waals surface area contributed by atoms with E-state index in [0.29, 0.717) is 11.3 Å². The molecule has 1 N–H and O–H groups in total. The summed E-state index contributed by atoms with van der Waals surface area (Å²) in [5.74, 6) is 1.66. The van der Waals surface area contributed by atoms with Crippen molar-refractivity contribution in [3.8, 4) is 0 Å². The first kappa shape index (κ1) is 14.8. The van der Waals surface area contributed by atoms with E-state index in [1.165, 1.54) is 0 Å². The summed E-state index contributed by atoms with van der Waals surface area (Å²) in [5, 5.41) is 3.89. The minimum atomic E-state index is -0.112. The maximum absolute atomic E-state index is 12.3. The van der Waals surface area contributed by atoms with Crippen molar-refractivity contribution in [3.05, 3.63) is 39.2 Å². The van der Waals surface area contributed by atoms with E-state index in [0.717, 1.165) is 15.6 Å². The van der Waals surface area contributed by atoms with Gasteiger partial charge in [0, 0.05) is 17.0 Å². The molecule has 0 aliphatic rings. The van der Waals surface area contributed by atoms with Gasteiger partial charge in [-0.1, -0.05) is 13.8 Å². The Hall–Kier alpha value is -1.62. The Morgan fingerprint density at radius 2 is 2.05 bits per heavy atom. The van der Waals surface area contributed by atoms with Crippen molar-refractivity contribution in [2.45, 2.75) is 46.6 Å². The lowest BCUT2D eigenvalue weighted by Crippen LogP contribution is -2.26. The topological polar surface area (TPSA) is 55.1 Å². The number of carbonyl (C=O) groups excluding carboxylic acids is 1. The summed E-state index contributed by atoms with van der Waals surface area (Å²) in [5.41, 5.74) is 0.605. The van der Waals surface area contributed by atoms with Crippen molar-refractivity contribution in [2.24, 2.45) is 0 Å². The third kappa shape index (κ3) is 3.10. The lowest BCUT2D eigenvalue weighted by molar-refractivity contribution is 0.0938. The van der Waals surface area contributed by atoms with E-state index in [-0.39, 0.29) is 17.9 Å². The second kappa shape index (κ2) is 5.79. The molecule has 1 amide bonds. The van der Waals surface area contributed by atoms with Gasteiger partial charge >= 0.3 is 0 Å². The van der Waals surface area contributed by atoms with Crippen LogP contribution in [0.25, 0.3) is 0 Å². The quantitative estimate of drug-likeness (QED) is 0.927. The van der Waals surface area contributed by atoms with Gasteiger partial charge in [0.15, 0.2) is 0 Å². The summed E-state index contributed by atoms with van der Waals surface area (Å²) in [6, 6.07) is 1.73. The van der Waals surface area contributed by atoms with Crippen molar-refractivity contribution < 1.29 is 9.21 Å². The average Bonchev–Trinajstić information content (AvgIpc) is 2.95. The largest absolute Gasteiger partial charge is 0.465 e. The molecule has 0 fully saturated rings. The Labute approximate surface area is 123 Å². The molecule has 1 unspecified atom stereocenters. The van der Waals surface area contributed by atoms with Crippen LogP contribution in [0.2, 0.25) is 0 Å². The van der Waals surface area contributed by atoms with Gasteiger partial charge in [-0.2, -0.15) is 0 Å². The number of rotatable bonds is 4. The van der Waals surface area contributed by atoms with Crippen LogP contribution in [0.1, 0.15) is 64.5 Å². The van der Waals surface area contributed by atoms with Gasteiger partial charge in [0.25, 0.3) is 5.91 Å². The highest BCUT2D eigenvalue weighted by atomic mass is 32.1. The van der Waals surface area contributed by atoms with E-state index in [1.54, 1.807) is 11.3 Å². The van der Waals surface area contributed by atoms with E-state index in [9.17, 15) is 4.79 Å². The first-order valence-corrected chi connectivity index (χ1v) is 7.53. The fraction of sp³-hybridized carbons (Fsp3) is 0.467. The minimum absolute atomic E-state index is 0.0991. The number of nitrogens with zero attached hydrogens (tertiary/aromatic N) is 1. The maximum atomic E-state index is 12.3. The molecule has 0 aliphatic carbocycles. The van der Waals surface area contributed by atoms with Gasteiger partial charge in [-0.05, 0) is 26.8 Å². The zero-order chi connectivity index (χ0) is 14.9. The molecule has 4 nitrogen and oxygen atoms in total. The average molecular weight is 292 g/mol. The maximum Gasteiger partial charge on any atom is 0.255 e. The molecule has 0 aromatic carbocycles. The van der Waals surface area contributed by atoms with Crippen LogP contribution in [0.15, 0.2) is 16.7 Å². The predicted octanol–water partition coefficient (Wildman–Crippen LogP) is 3.97. The molecule has 2 rings (SSSR count). The standard InChI is InChI=1S/C15H20N2O2S/c1-8(2)13-6-12(11(5)19-13)14(18)17-10(4)15-16-7-9(3)20-15/h6-8,10H,1-5H3,(H,17,18). The fourth-order valence-electron chi connectivity index (χ4n) is 1.92. The van der Waals surface area contributed by atoms with E-state index in [4.69, 9.17) is 4.42 Å². The number of aryl methyl sites for hydroxylation is 2. The summed E-state index contributed by atoms with van der Waals surface area (Å²) in [6.07, 6.45) is 1.82. The number of amides is 1. The smallest absolute Gasteiger partial charge is 0.255 e. The molecule has 5 heteroatoms. The van der Waals surface area contributed by atoms with Crippen LogP contribution in [0.4, 0.5) is 0 Å². The summed E-state index contributed by atoms with van der Waals surface area (Å²) >= 11 is 1.60. The van der Waals surface area contributed by atoms with Gasteiger partial charge in [-0.3, -0.25) is 4.79 Å². The van der Waals surface area contributed by atoms with Crippen LogP contribution in [0.3, 0.4) is 0 Å². The Balaban J connectivity index is 2.12. The Morgan fingerprint density at radius 1 is 1.35 bits per heavy atom. The highest BCUT2D eigenvalue weighted by Gasteiger charge is 2.19. The molecule has 1 atom stereocenters. The molecule has 0 saturated heterocycles. The Morgan fingerprint density at radius 3 is 2.55 bits per heavy atom. The first-order chi connectivity index (χ1) is 9.38. The second-order valence-electron chi connectivity index (χ2n) is 5.28. The van der Waals surface area contributed by atoms with Crippen molar-refractivity contribution in [1.29, 1.82) is 0 Å². The molecule has 0 bridgehead atoms. The number of nitrogens with one attached hydrogen (secondary N) is 1. The van der Waals surface area contributed by atoms with Crippen LogP contribution in [-0.2, 0) is 0 Å². The predicted molar refractivity (Wildman–Crippen MR) is 80.3 cm³/mol. The SMILES string of the molecule is Cc1cnc(C(C)NC(=O)c2cc(C(C)C)oc2C)s1. The molecule has 0 aliphatic heterocycles. The van der Waals surface area contributed by atoms with Crippen molar-refractivity contribution >= 4 is 17.2 Å². The van der Waals surface area contributed by atoms with Gasteiger partial charge in [0.2, 0.25) is 0 Å². The van der Waals surface area contributed by atoms with E-state index >= 15 is 0 Å². The lowest BCUT2D eigenvalue weighted by atomic mass is 10.1. The third-order valence-corrected chi connectivity index (χ3v) is 4.20. The zero-order valence-electron chi connectivity index (χ0n) is 12.5. The van der Waals surface area contributed by atoms with Crippen LogP contribution in [0.5, 0.6) is 0 Å². The van der Waals surface area contributed by atoms with E-state index < -0.39 is 0 Å². The highest BCUT2D eigenvalue weighted by molar-refractivity contribution is 7.11. The van der Waals surface area contributed by atoms with Gasteiger partial charge in [0.1, 0.15) is 16.5 Å². The number of aromatic nitrogens is 1. The number of furan rings is 1. The monoisotopic (exact) mass is 292 g/mol. The molecule has 108 valence electrons. The van der Waals surface area contributed by atoms with Crippen LogP contribution >= 0.6 is 11.3 Å². The van der Waals surface area contributed by atoms with Crippen LogP contribution < -0.4 is 5.32 Å². The van der Waals surface area contributed by atoms with Crippen molar-refractivity contribution in [2.75, 3.05) is 0 Å². The summed E-state index contributed by atoms with van der Waals surface area (Å²) in [7, 11) is 0. The van der Waals surface area contributed by atoms with Crippen LogP contribution in [0, 0.1) is 13.8 Å². The molecule has 20 heavy (non-hydrogen) atoms. The molecule has 2 aromatic heterocycles. The number of carbonyl (C=O) groups is 1. The second-order valence-corrected chi connectivity index (χ2v) is 6.54. The van der Waals surface area contributed by atoms with Crippen molar-refractivity contribution in [3.63, 3.8) is 0 Å². The molecular weight excluding hydrogens is 272 g/mol. The fourth-order valence-corrected chi connectivity index (χ4v) is 2.70. The molecule has 2 heterocycles. The molecule has 0 spiro atoms. The number of hydrogen-bond donors (Lipinski definition) is 1. The normalized spacial score (nSPS) is 12.7. The Bertz CT molecular complexity index is 613. The van der Waals surface area contributed by atoms with Gasteiger partial charge in [-0.25, -0.2) is 4.98 Å². The van der Waals surface area contributed by atoms with Gasteiger partial charge in [0.05, 0.1) is 11.6 Å². The van der Waals surface area contributed by atoms with Crippen molar-refractivity contribution in [1.82, 2.24) is 10.3 Å². The highest BCUT2D eigenvalue weighted by Crippen LogP contribution is 2.23. The molecule has 0 radical (unpaired) electrons. The van der Waals surface area contributed by atoms with Gasteiger partial charge < -0.3 is 9.73 Å². The van der Waals surface area contributed by atoms with E-state index in [1.807, 2.05) is 46.9 Å².